The molecule has 1 fully saturated rings. The second-order valence-electron chi connectivity index (χ2n) is 7.20. The van der Waals surface area contributed by atoms with Gasteiger partial charge in [0.25, 0.3) is 0 Å². The van der Waals surface area contributed by atoms with E-state index in [9.17, 15) is 21.6 Å². The molecule has 0 amide bonds. The predicted octanol–water partition coefficient (Wildman–Crippen LogP) is 1.31. The van der Waals surface area contributed by atoms with E-state index in [1.165, 1.54) is 5.56 Å². The van der Waals surface area contributed by atoms with Gasteiger partial charge in [-0.2, -0.15) is 22.6 Å². The Hall–Kier alpha value is -1.82. The van der Waals surface area contributed by atoms with E-state index in [2.05, 4.69) is 20.7 Å². The lowest BCUT2D eigenvalue weighted by Gasteiger charge is -2.31. The molecule has 1 saturated heterocycles. The van der Waals surface area contributed by atoms with Crippen molar-refractivity contribution in [2.45, 2.75) is 38.6 Å². The van der Waals surface area contributed by atoms with E-state index in [0.29, 0.717) is 36.2 Å². The molecule has 12 heteroatoms. The van der Waals surface area contributed by atoms with E-state index in [-0.39, 0.29) is 19.0 Å². The number of piperidine rings is 1. The Balaban J connectivity index is 1.76. The lowest BCUT2D eigenvalue weighted by molar-refractivity contribution is -0.0496. The number of nitrogens with one attached hydrogen (secondary N) is 2. The number of aliphatic imine (C=N–C) groups is 1. The van der Waals surface area contributed by atoms with Crippen LogP contribution in [-0.2, 0) is 23.5 Å². The molecule has 0 spiro atoms. The molecule has 29 heavy (non-hydrogen) atoms. The van der Waals surface area contributed by atoms with Crippen molar-refractivity contribution in [1.82, 2.24) is 24.7 Å². The van der Waals surface area contributed by atoms with E-state index in [4.69, 9.17) is 0 Å². The third-order valence-electron chi connectivity index (χ3n) is 5.31. The maximum atomic E-state index is 12.6. The van der Waals surface area contributed by atoms with Crippen LogP contribution >= 0.6 is 0 Å². The Labute approximate surface area is 169 Å². The third-order valence-corrected chi connectivity index (χ3v) is 6.94. The molecule has 2 rings (SSSR count). The zero-order chi connectivity index (χ0) is 21.8. The van der Waals surface area contributed by atoms with E-state index < -0.39 is 15.5 Å². The number of nitrogens with zero attached hydrogens (tertiary/aromatic N) is 4. The Morgan fingerprint density at radius 1 is 1.24 bits per heavy atom. The summed E-state index contributed by atoms with van der Waals surface area (Å²) in [5, 5.41) is 10.8. The quantitative estimate of drug-likeness (QED) is 0.516. The molecule has 1 aliphatic rings. The zero-order valence-corrected chi connectivity index (χ0v) is 18.0. The van der Waals surface area contributed by atoms with Gasteiger partial charge in [-0.3, -0.25) is 9.67 Å². The summed E-state index contributed by atoms with van der Waals surface area (Å²) in [5.41, 5.74) is -1.94. The minimum Gasteiger partial charge on any atom is -0.356 e. The van der Waals surface area contributed by atoms with Crippen LogP contribution in [0.25, 0.3) is 0 Å². The van der Waals surface area contributed by atoms with E-state index in [0.717, 1.165) is 17.8 Å². The number of sulfonamides is 1. The average molecular weight is 439 g/mol. The molecule has 1 aromatic heterocycles. The van der Waals surface area contributed by atoms with Crippen LogP contribution in [0.1, 0.15) is 29.8 Å². The van der Waals surface area contributed by atoms with Gasteiger partial charge >= 0.3 is 15.5 Å². The summed E-state index contributed by atoms with van der Waals surface area (Å²) in [6.07, 6.45) is 1.53. The Morgan fingerprint density at radius 3 is 2.34 bits per heavy atom. The zero-order valence-electron chi connectivity index (χ0n) is 17.2. The fourth-order valence-electron chi connectivity index (χ4n) is 3.45. The standard InChI is InChI=1S/C17H29F3N6O2S/c1-12-15(13(2)25(4)24-12)5-8-22-16(21-3)23-11-14-6-9-26(10-7-14)29(27,28)17(18,19)20/h14H,5-11H2,1-4H3,(H2,21,22,23). The van der Waals surface area contributed by atoms with Crippen molar-refractivity contribution in [3.63, 3.8) is 0 Å². The monoisotopic (exact) mass is 438 g/mol. The molecule has 166 valence electrons. The van der Waals surface area contributed by atoms with Gasteiger partial charge in [0.15, 0.2) is 5.96 Å². The maximum absolute atomic E-state index is 12.6. The van der Waals surface area contributed by atoms with Crippen LogP contribution in [0, 0.1) is 19.8 Å². The van der Waals surface area contributed by atoms with Crippen LogP contribution in [-0.4, -0.2) is 67.2 Å². The molecule has 2 N–H and O–H groups in total. The number of hydrogen-bond acceptors (Lipinski definition) is 4. The predicted molar refractivity (Wildman–Crippen MR) is 105 cm³/mol. The molecule has 0 radical (unpaired) electrons. The molecule has 0 bridgehead atoms. The van der Waals surface area contributed by atoms with Crippen LogP contribution in [0.3, 0.4) is 0 Å². The smallest absolute Gasteiger partial charge is 0.356 e. The van der Waals surface area contributed by atoms with Crippen molar-refractivity contribution >= 4 is 16.0 Å². The van der Waals surface area contributed by atoms with Gasteiger partial charge in [-0.1, -0.05) is 0 Å². The van der Waals surface area contributed by atoms with Crippen molar-refractivity contribution in [3.8, 4) is 0 Å². The van der Waals surface area contributed by atoms with Crippen LogP contribution in [0.2, 0.25) is 0 Å². The summed E-state index contributed by atoms with van der Waals surface area (Å²) in [4.78, 5) is 4.16. The van der Waals surface area contributed by atoms with Gasteiger partial charge in [-0.15, -0.1) is 0 Å². The summed E-state index contributed by atoms with van der Waals surface area (Å²) < 4.78 is 63.2. The van der Waals surface area contributed by atoms with Gasteiger partial charge in [0, 0.05) is 46.0 Å². The molecule has 0 aliphatic carbocycles. The first-order valence-electron chi connectivity index (χ1n) is 9.47. The molecule has 1 aliphatic heterocycles. The SMILES string of the molecule is CN=C(NCCc1c(C)nn(C)c1C)NCC1CCN(S(=O)(=O)C(F)(F)F)CC1. The van der Waals surface area contributed by atoms with Crippen molar-refractivity contribution in [1.29, 1.82) is 0 Å². The fraction of sp³-hybridized carbons (Fsp3) is 0.765. The first kappa shape index (κ1) is 23.5. The Kier molecular flexibility index (Phi) is 7.55. The van der Waals surface area contributed by atoms with Crippen LogP contribution in [0.5, 0.6) is 0 Å². The van der Waals surface area contributed by atoms with Crippen molar-refractivity contribution in [2.75, 3.05) is 33.2 Å². The summed E-state index contributed by atoms with van der Waals surface area (Å²) >= 11 is 0. The average Bonchev–Trinajstić information content (AvgIpc) is 2.89. The summed E-state index contributed by atoms with van der Waals surface area (Å²) in [6, 6.07) is 0. The van der Waals surface area contributed by atoms with Gasteiger partial charge in [0.1, 0.15) is 0 Å². The molecule has 8 nitrogen and oxygen atoms in total. The molecule has 0 aromatic carbocycles. The van der Waals surface area contributed by atoms with Gasteiger partial charge in [0.05, 0.1) is 5.69 Å². The second kappa shape index (κ2) is 9.33. The molecular weight excluding hydrogens is 409 g/mol. The molecule has 1 aromatic rings. The van der Waals surface area contributed by atoms with Crippen LogP contribution < -0.4 is 10.6 Å². The topological polar surface area (TPSA) is 91.6 Å². The molecule has 0 saturated carbocycles. The summed E-state index contributed by atoms with van der Waals surface area (Å²) in [5.74, 6) is 0.686. The van der Waals surface area contributed by atoms with Crippen molar-refractivity contribution < 1.29 is 21.6 Å². The third kappa shape index (κ3) is 5.62. The highest BCUT2D eigenvalue weighted by Crippen LogP contribution is 2.30. The van der Waals surface area contributed by atoms with E-state index in [1.807, 2.05) is 25.6 Å². The van der Waals surface area contributed by atoms with E-state index in [1.54, 1.807) is 7.05 Å². The number of alkyl halides is 3. The van der Waals surface area contributed by atoms with Crippen LogP contribution in [0.4, 0.5) is 13.2 Å². The summed E-state index contributed by atoms with van der Waals surface area (Å²) in [6.45, 7) is 4.92. The lowest BCUT2D eigenvalue weighted by Crippen LogP contribution is -2.47. The number of aryl methyl sites for hydroxylation is 2. The molecular formula is C17H29F3N6O2S. The lowest BCUT2D eigenvalue weighted by atomic mass is 9.98. The number of aromatic nitrogens is 2. The highest BCUT2D eigenvalue weighted by molar-refractivity contribution is 7.90. The summed E-state index contributed by atoms with van der Waals surface area (Å²) in [7, 11) is -1.68. The minimum atomic E-state index is -5.24. The molecule has 2 heterocycles. The Bertz CT molecular complexity index is 827. The van der Waals surface area contributed by atoms with Gasteiger partial charge in [0.2, 0.25) is 0 Å². The highest BCUT2D eigenvalue weighted by Gasteiger charge is 2.50. The first-order chi connectivity index (χ1) is 13.5. The first-order valence-corrected chi connectivity index (χ1v) is 10.9. The Morgan fingerprint density at radius 2 is 1.86 bits per heavy atom. The number of halogens is 3. The van der Waals surface area contributed by atoms with Crippen molar-refractivity contribution in [2.24, 2.45) is 18.0 Å². The second-order valence-corrected chi connectivity index (χ2v) is 9.13. The fourth-order valence-corrected chi connectivity index (χ4v) is 4.43. The van der Waals surface area contributed by atoms with Gasteiger partial charge in [-0.05, 0) is 44.6 Å². The molecule has 0 atom stereocenters. The highest BCUT2D eigenvalue weighted by atomic mass is 32.2. The number of hydrogen-bond donors (Lipinski definition) is 2. The molecule has 0 unspecified atom stereocenters. The number of rotatable bonds is 6. The normalized spacial score (nSPS) is 17.6. The minimum absolute atomic E-state index is 0.0797. The largest absolute Gasteiger partial charge is 0.511 e. The van der Waals surface area contributed by atoms with Crippen LogP contribution in [0.15, 0.2) is 4.99 Å². The maximum Gasteiger partial charge on any atom is 0.511 e. The number of guanidine groups is 1. The van der Waals surface area contributed by atoms with Crippen molar-refractivity contribution in [3.05, 3.63) is 17.0 Å². The van der Waals surface area contributed by atoms with E-state index >= 15 is 0 Å². The van der Waals surface area contributed by atoms with Gasteiger partial charge in [-0.25, -0.2) is 8.42 Å². The van der Waals surface area contributed by atoms with Gasteiger partial charge < -0.3 is 10.6 Å².